The van der Waals surface area contributed by atoms with E-state index in [1.54, 1.807) is 6.92 Å². The Labute approximate surface area is 138 Å². The van der Waals surface area contributed by atoms with Crippen LogP contribution in [0.15, 0.2) is 47.4 Å². The molecule has 126 valence electrons. The third-order valence-electron chi connectivity index (χ3n) is 2.89. The SMILES string of the molecule is CC.CC.CCC(C)=O.O=c1[nH]c2ccccc2n2cccc12. The van der Waals surface area contributed by atoms with Crippen molar-refractivity contribution in [3.8, 4) is 0 Å². The fourth-order valence-corrected chi connectivity index (χ4v) is 1.75. The Morgan fingerprint density at radius 1 is 1.00 bits per heavy atom. The minimum atomic E-state index is -0.0475. The zero-order chi connectivity index (χ0) is 17.8. The highest BCUT2D eigenvalue weighted by molar-refractivity contribution is 5.78. The molecule has 0 unspecified atom stereocenters. The van der Waals surface area contributed by atoms with Gasteiger partial charge in [-0.05, 0) is 31.2 Å². The predicted octanol–water partition coefficient (Wildman–Crippen LogP) is 4.82. The van der Waals surface area contributed by atoms with E-state index in [0.717, 1.165) is 11.0 Å². The average molecular weight is 316 g/mol. The van der Waals surface area contributed by atoms with Gasteiger partial charge in [0.1, 0.15) is 11.3 Å². The first-order valence-electron chi connectivity index (χ1n) is 8.21. The lowest BCUT2D eigenvalue weighted by Crippen LogP contribution is -2.09. The van der Waals surface area contributed by atoms with Crippen LogP contribution in [0.3, 0.4) is 0 Å². The molecule has 0 saturated heterocycles. The van der Waals surface area contributed by atoms with Gasteiger partial charge in [0, 0.05) is 12.6 Å². The molecular weight excluding hydrogens is 288 g/mol. The molecule has 3 rings (SSSR count). The van der Waals surface area contributed by atoms with Gasteiger partial charge in [-0.3, -0.25) is 4.79 Å². The van der Waals surface area contributed by atoms with Crippen molar-refractivity contribution in [2.24, 2.45) is 0 Å². The molecule has 0 aliphatic carbocycles. The minimum Gasteiger partial charge on any atom is -0.319 e. The molecular formula is C19H28N2O2. The summed E-state index contributed by atoms with van der Waals surface area (Å²) in [6, 6.07) is 11.4. The van der Waals surface area contributed by atoms with Crippen LogP contribution in [0.5, 0.6) is 0 Å². The number of hydrogen-bond donors (Lipinski definition) is 1. The molecule has 4 nitrogen and oxygen atoms in total. The normalized spacial score (nSPS) is 8.96. The lowest BCUT2D eigenvalue weighted by molar-refractivity contribution is -0.116. The van der Waals surface area contributed by atoms with Crippen LogP contribution in [0.1, 0.15) is 48.0 Å². The number of carbonyl (C=O) groups is 1. The number of rotatable bonds is 1. The fraction of sp³-hybridized carbons (Fsp3) is 0.368. The van der Waals surface area contributed by atoms with Gasteiger partial charge >= 0.3 is 0 Å². The smallest absolute Gasteiger partial charge is 0.272 e. The summed E-state index contributed by atoms with van der Waals surface area (Å²) < 4.78 is 1.90. The maximum Gasteiger partial charge on any atom is 0.272 e. The van der Waals surface area contributed by atoms with Crippen molar-refractivity contribution < 1.29 is 4.79 Å². The van der Waals surface area contributed by atoms with Crippen LogP contribution in [0.25, 0.3) is 16.6 Å². The Bertz CT molecular complexity index is 769. The lowest BCUT2D eigenvalue weighted by Gasteiger charge is -2.00. The van der Waals surface area contributed by atoms with Crippen molar-refractivity contribution in [3.63, 3.8) is 0 Å². The zero-order valence-corrected chi connectivity index (χ0v) is 15.0. The van der Waals surface area contributed by atoms with Crippen LogP contribution >= 0.6 is 0 Å². The monoisotopic (exact) mass is 316 g/mol. The highest BCUT2D eigenvalue weighted by atomic mass is 16.1. The molecule has 3 aromatic rings. The Kier molecular flexibility index (Phi) is 10.1. The number of H-pyrrole nitrogens is 1. The molecule has 23 heavy (non-hydrogen) atoms. The molecule has 0 atom stereocenters. The summed E-state index contributed by atoms with van der Waals surface area (Å²) >= 11 is 0. The topological polar surface area (TPSA) is 54.3 Å². The number of hydrogen-bond acceptors (Lipinski definition) is 2. The standard InChI is InChI=1S/C11H8N2O.C4H8O.2C2H6/c14-11-10-6-3-7-13(10)9-5-2-1-4-8(9)12-11;1-3-4(2)5;2*1-2/h1-7H,(H,12,14);3H2,1-2H3;2*1-2H3. The van der Waals surface area contributed by atoms with Gasteiger partial charge in [-0.25, -0.2) is 0 Å². The predicted molar refractivity (Wildman–Crippen MR) is 99.2 cm³/mol. The first-order valence-corrected chi connectivity index (χ1v) is 8.21. The first-order chi connectivity index (χ1) is 11.1. The van der Waals surface area contributed by atoms with Crippen LogP contribution in [0, 0.1) is 0 Å². The quantitative estimate of drug-likeness (QED) is 0.700. The van der Waals surface area contributed by atoms with Crippen molar-refractivity contribution >= 4 is 22.3 Å². The summed E-state index contributed by atoms with van der Waals surface area (Å²) in [4.78, 5) is 24.2. The summed E-state index contributed by atoms with van der Waals surface area (Å²) in [5.74, 6) is 0.255. The van der Waals surface area contributed by atoms with Crippen molar-refractivity contribution in [1.29, 1.82) is 0 Å². The van der Waals surface area contributed by atoms with Gasteiger partial charge in [0.15, 0.2) is 0 Å². The van der Waals surface area contributed by atoms with E-state index in [-0.39, 0.29) is 11.3 Å². The number of nitrogens with one attached hydrogen (secondary N) is 1. The maximum absolute atomic E-state index is 11.6. The zero-order valence-electron chi connectivity index (χ0n) is 15.0. The summed E-state index contributed by atoms with van der Waals surface area (Å²) in [6.45, 7) is 11.4. The van der Waals surface area contributed by atoms with Crippen LogP contribution in [0.2, 0.25) is 0 Å². The third kappa shape index (κ3) is 5.74. The van der Waals surface area contributed by atoms with Crippen molar-refractivity contribution in [2.45, 2.75) is 48.0 Å². The molecule has 0 spiro atoms. The van der Waals surface area contributed by atoms with Gasteiger partial charge in [0.2, 0.25) is 0 Å². The van der Waals surface area contributed by atoms with Gasteiger partial charge in [0.05, 0.1) is 11.0 Å². The van der Waals surface area contributed by atoms with Crippen LogP contribution < -0.4 is 5.56 Å². The van der Waals surface area contributed by atoms with E-state index >= 15 is 0 Å². The second kappa shape index (κ2) is 11.2. The second-order valence-electron chi connectivity index (χ2n) is 4.29. The van der Waals surface area contributed by atoms with Crippen LogP contribution in [-0.4, -0.2) is 15.2 Å². The Morgan fingerprint density at radius 3 is 2.09 bits per heavy atom. The summed E-state index contributed by atoms with van der Waals surface area (Å²) in [5, 5.41) is 0. The van der Waals surface area contributed by atoms with Gasteiger partial charge in [-0.2, -0.15) is 0 Å². The molecule has 0 aliphatic rings. The molecule has 0 saturated carbocycles. The van der Waals surface area contributed by atoms with E-state index in [1.807, 2.05) is 81.6 Å². The summed E-state index contributed by atoms with van der Waals surface area (Å²) in [7, 11) is 0. The molecule has 2 aromatic heterocycles. The summed E-state index contributed by atoms with van der Waals surface area (Å²) in [6.07, 6.45) is 2.56. The molecule has 2 heterocycles. The molecule has 0 fully saturated rings. The van der Waals surface area contributed by atoms with Crippen molar-refractivity contribution in [3.05, 3.63) is 52.9 Å². The van der Waals surface area contributed by atoms with Gasteiger partial charge in [-0.1, -0.05) is 46.8 Å². The molecule has 1 aromatic carbocycles. The van der Waals surface area contributed by atoms with Gasteiger partial charge < -0.3 is 14.2 Å². The van der Waals surface area contributed by atoms with Gasteiger partial charge in [-0.15, -0.1) is 0 Å². The van der Waals surface area contributed by atoms with E-state index in [4.69, 9.17) is 0 Å². The summed E-state index contributed by atoms with van der Waals surface area (Å²) in [5.41, 5.74) is 2.52. The Hall–Kier alpha value is -2.36. The molecule has 0 radical (unpaired) electrons. The minimum absolute atomic E-state index is 0.0475. The van der Waals surface area contributed by atoms with E-state index in [2.05, 4.69) is 4.98 Å². The highest BCUT2D eigenvalue weighted by Crippen LogP contribution is 2.11. The fourth-order valence-electron chi connectivity index (χ4n) is 1.75. The third-order valence-corrected chi connectivity index (χ3v) is 2.89. The van der Waals surface area contributed by atoms with Gasteiger partial charge in [0.25, 0.3) is 5.56 Å². The number of benzene rings is 1. The number of nitrogens with zero attached hydrogens (tertiary/aromatic N) is 1. The van der Waals surface area contributed by atoms with Crippen molar-refractivity contribution in [1.82, 2.24) is 9.38 Å². The van der Waals surface area contributed by atoms with Crippen molar-refractivity contribution in [2.75, 3.05) is 0 Å². The first kappa shape index (κ1) is 20.6. The largest absolute Gasteiger partial charge is 0.319 e. The molecule has 1 N–H and O–H groups in total. The Balaban J connectivity index is 0.000000461. The Morgan fingerprint density at radius 2 is 1.52 bits per heavy atom. The maximum atomic E-state index is 11.6. The van der Waals surface area contributed by atoms with E-state index in [9.17, 15) is 9.59 Å². The second-order valence-corrected chi connectivity index (χ2v) is 4.29. The number of para-hydroxylation sites is 2. The molecule has 4 heteroatoms. The lowest BCUT2D eigenvalue weighted by atomic mass is 10.3. The number of ketones is 1. The number of aromatic amines is 1. The highest BCUT2D eigenvalue weighted by Gasteiger charge is 2.01. The van der Waals surface area contributed by atoms with E-state index in [0.29, 0.717) is 11.9 Å². The average Bonchev–Trinajstić information content (AvgIpc) is 3.10. The number of Topliss-reactive ketones (excluding diaryl/α,β-unsaturated/α-hetero) is 1. The molecule has 0 bridgehead atoms. The molecule has 0 aliphatic heterocycles. The number of fused-ring (bicyclic) bond motifs is 3. The van der Waals surface area contributed by atoms with E-state index in [1.165, 1.54) is 0 Å². The van der Waals surface area contributed by atoms with E-state index < -0.39 is 0 Å². The molecule has 0 amide bonds. The van der Waals surface area contributed by atoms with Crippen LogP contribution in [-0.2, 0) is 4.79 Å². The number of aromatic nitrogens is 2. The van der Waals surface area contributed by atoms with Crippen LogP contribution in [0.4, 0.5) is 0 Å². The number of carbonyl (C=O) groups excluding carboxylic acids is 1.